The van der Waals surface area contributed by atoms with Crippen LogP contribution in [0.4, 0.5) is 5.69 Å². The van der Waals surface area contributed by atoms with Gasteiger partial charge in [-0.1, -0.05) is 36.4 Å². The molecule has 32 heavy (non-hydrogen) atoms. The fourth-order valence-corrected chi connectivity index (χ4v) is 3.76. The van der Waals surface area contributed by atoms with Gasteiger partial charge >= 0.3 is 0 Å². The molecule has 1 fully saturated rings. The highest BCUT2D eigenvalue weighted by atomic mass is 16.5. The zero-order valence-electron chi connectivity index (χ0n) is 18.1. The van der Waals surface area contributed by atoms with E-state index in [1.807, 2.05) is 66.7 Å². The van der Waals surface area contributed by atoms with E-state index in [-0.39, 0.29) is 0 Å². The lowest BCUT2D eigenvalue weighted by Crippen LogP contribution is -2.38. The van der Waals surface area contributed by atoms with Crippen LogP contribution in [0.15, 0.2) is 72.8 Å². The van der Waals surface area contributed by atoms with E-state index in [0.29, 0.717) is 18.7 Å². The minimum Gasteiger partial charge on any atom is -0.492 e. The molecule has 0 unspecified atom stereocenters. The summed E-state index contributed by atoms with van der Waals surface area (Å²) < 4.78 is 11.2. The van der Waals surface area contributed by atoms with Gasteiger partial charge in [-0.2, -0.15) is 0 Å². The number of carbonyl (C=O) groups is 1. The highest BCUT2D eigenvalue weighted by Gasteiger charge is 2.11. The Morgan fingerprint density at radius 2 is 1.75 bits per heavy atom. The summed E-state index contributed by atoms with van der Waals surface area (Å²) in [4.78, 5) is 14.2. The highest BCUT2D eigenvalue weighted by Crippen LogP contribution is 2.25. The van der Waals surface area contributed by atoms with Crippen molar-refractivity contribution in [2.75, 3.05) is 44.8 Å². The molecule has 0 spiro atoms. The van der Waals surface area contributed by atoms with Crippen LogP contribution in [0, 0.1) is 0 Å². The van der Waals surface area contributed by atoms with Gasteiger partial charge in [0.1, 0.15) is 12.4 Å². The van der Waals surface area contributed by atoms with Crippen molar-refractivity contribution in [3.8, 4) is 16.9 Å². The number of morpholine rings is 1. The van der Waals surface area contributed by atoms with Gasteiger partial charge in [0.15, 0.2) is 0 Å². The molecule has 1 aliphatic heterocycles. The number of nitrogens with zero attached hydrogens (tertiary/aromatic N) is 1. The van der Waals surface area contributed by atoms with Gasteiger partial charge in [-0.05, 0) is 53.1 Å². The molecule has 1 aliphatic rings. The molecule has 3 aromatic carbocycles. The van der Waals surface area contributed by atoms with Gasteiger partial charge in [-0.25, -0.2) is 0 Å². The maximum Gasteiger partial charge on any atom is 0.249 e. The first kappa shape index (κ1) is 21.9. The summed E-state index contributed by atoms with van der Waals surface area (Å²) in [5.74, 6) is 0.438. The van der Waals surface area contributed by atoms with E-state index in [9.17, 15) is 4.79 Å². The largest absolute Gasteiger partial charge is 0.492 e. The number of primary amides is 1. The number of hydrogen-bond donors (Lipinski definition) is 2. The lowest BCUT2D eigenvalue weighted by Gasteiger charge is -2.26. The zero-order chi connectivity index (χ0) is 22.2. The monoisotopic (exact) mass is 431 g/mol. The number of amides is 1. The van der Waals surface area contributed by atoms with Crippen LogP contribution in [0.5, 0.6) is 5.75 Å². The summed E-state index contributed by atoms with van der Waals surface area (Å²) in [6.45, 7) is 5.76. The zero-order valence-corrected chi connectivity index (χ0v) is 18.1. The fraction of sp³-hybridized carbons (Fsp3) is 0.269. The Morgan fingerprint density at radius 3 is 2.47 bits per heavy atom. The van der Waals surface area contributed by atoms with Gasteiger partial charge in [0.2, 0.25) is 5.91 Å². The van der Waals surface area contributed by atoms with E-state index >= 15 is 0 Å². The van der Waals surface area contributed by atoms with Crippen LogP contribution in [-0.2, 0) is 11.3 Å². The normalized spacial score (nSPS) is 14.1. The van der Waals surface area contributed by atoms with E-state index in [1.54, 1.807) is 6.07 Å². The van der Waals surface area contributed by atoms with Crippen LogP contribution in [0.25, 0.3) is 11.1 Å². The van der Waals surface area contributed by atoms with Crippen molar-refractivity contribution < 1.29 is 14.3 Å². The first-order chi connectivity index (χ1) is 15.7. The van der Waals surface area contributed by atoms with Crippen molar-refractivity contribution in [3.63, 3.8) is 0 Å². The van der Waals surface area contributed by atoms with Gasteiger partial charge in [0, 0.05) is 37.4 Å². The number of nitrogens with two attached hydrogens (primary N) is 1. The predicted molar refractivity (Wildman–Crippen MR) is 127 cm³/mol. The molecule has 0 aliphatic carbocycles. The molecular weight excluding hydrogens is 402 g/mol. The number of benzene rings is 3. The molecule has 166 valence electrons. The first-order valence-corrected chi connectivity index (χ1v) is 10.9. The van der Waals surface area contributed by atoms with E-state index in [0.717, 1.165) is 61.0 Å². The van der Waals surface area contributed by atoms with Crippen LogP contribution < -0.4 is 15.8 Å². The Labute approximate surface area is 188 Å². The van der Waals surface area contributed by atoms with Gasteiger partial charge in [0.05, 0.1) is 13.2 Å². The third kappa shape index (κ3) is 5.87. The van der Waals surface area contributed by atoms with Crippen molar-refractivity contribution in [1.82, 2.24) is 4.90 Å². The van der Waals surface area contributed by atoms with Crippen LogP contribution in [-0.4, -0.2) is 50.3 Å². The third-order valence-electron chi connectivity index (χ3n) is 5.57. The van der Waals surface area contributed by atoms with Crippen LogP contribution >= 0.6 is 0 Å². The quantitative estimate of drug-likeness (QED) is 0.539. The van der Waals surface area contributed by atoms with Crippen molar-refractivity contribution >= 4 is 11.6 Å². The number of ether oxygens (including phenoxy) is 2. The van der Waals surface area contributed by atoms with E-state index in [1.165, 1.54) is 0 Å². The van der Waals surface area contributed by atoms with Crippen molar-refractivity contribution in [2.45, 2.75) is 6.54 Å². The Kier molecular flexibility index (Phi) is 7.38. The summed E-state index contributed by atoms with van der Waals surface area (Å²) in [5, 5.41) is 3.43. The van der Waals surface area contributed by atoms with Crippen LogP contribution in [0.2, 0.25) is 0 Å². The van der Waals surface area contributed by atoms with Gasteiger partial charge in [-0.3, -0.25) is 9.69 Å². The molecule has 0 atom stereocenters. The lowest BCUT2D eigenvalue weighted by atomic mass is 9.97. The first-order valence-electron chi connectivity index (χ1n) is 10.9. The Hall–Kier alpha value is -3.35. The molecule has 0 radical (unpaired) electrons. The maximum absolute atomic E-state index is 11.9. The molecule has 6 nitrogen and oxygen atoms in total. The second kappa shape index (κ2) is 10.8. The summed E-state index contributed by atoms with van der Waals surface area (Å²) in [7, 11) is 0. The van der Waals surface area contributed by atoms with Crippen LogP contribution in [0.1, 0.15) is 15.9 Å². The molecule has 3 N–H and O–H groups in total. The Morgan fingerprint density at radius 1 is 1.00 bits per heavy atom. The second-order valence-corrected chi connectivity index (χ2v) is 7.79. The predicted octanol–water partition coefficient (Wildman–Crippen LogP) is 3.78. The molecule has 3 aromatic rings. The molecule has 0 bridgehead atoms. The SMILES string of the molecule is NC(=O)c1ccc(CNc2ccc(OCCN3CCOCC3)cc2)cc1-c1ccccc1. The molecule has 0 aromatic heterocycles. The summed E-state index contributed by atoms with van der Waals surface area (Å²) in [6, 6.07) is 23.6. The van der Waals surface area contributed by atoms with Gasteiger partial charge < -0.3 is 20.5 Å². The van der Waals surface area contributed by atoms with E-state index < -0.39 is 5.91 Å². The smallest absolute Gasteiger partial charge is 0.249 e. The molecular formula is C26H29N3O3. The van der Waals surface area contributed by atoms with E-state index in [4.69, 9.17) is 15.2 Å². The van der Waals surface area contributed by atoms with Gasteiger partial charge in [-0.15, -0.1) is 0 Å². The minimum atomic E-state index is -0.424. The van der Waals surface area contributed by atoms with Crippen molar-refractivity contribution in [1.29, 1.82) is 0 Å². The number of rotatable bonds is 9. The number of hydrogen-bond acceptors (Lipinski definition) is 5. The van der Waals surface area contributed by atoms with Crippen molar-refractivity contribution in [3.05, 3.63) is 83.9 Å². The maximum atomic E-state index is 11.9. The lowest BCUT2D eigenvalue weighted by molar-refractivity contribution is 0.0322. The van der Waals surface area contributed by atoms with Crippen LogP contribution in [0.3, 0.4) is 0 Å². The Bertz CT molecular complexity index is 1020. The molecule has 1 heterocycles. The molecule has 4 rings (SSSR count). The summed E-state index contributed by atoms with van der Waals surface area (Å²) in [6.07, 6.45) is 0. The summed E-state index contributed by atoms with van der Waals surface area (Å²) in [5.41, 5.74) is 10.0. The molecule has 1 saturated heterocycles. The fourth-order valence-electron chi connectivity index (χ4n) is 3.76. The number of anilines is 1. The van der Waals surface area contributed by atoms with Crippen molar-refractivity contribution in [2.24, 2.45) is 5.73 Å². The third-order valence-corrected chi connectivity index (χ3v) is 5.57. The minimum absolute atomic E-state index is 0.424. The molecule has 6 heteroatoms. The second-order valence-electron chi connectivity index (χ2n) is 7.79. The topological polar surface area (TPSA) is 76.8 Å². The average Bonchev–Trinajstić information content (AvgIpc) is 2.84. The standard InChI is InChI=1S/C26H29N3O3/c27-26(30)24-11-6-20(18-25(24)21-4-2-1-3-5-21)19-28-22-7-9-23(10-8-22)32-17-14-29-12-15-31-16-13-29/h1-11,18,28H,12-17,19H2,(H2,27,30). The molecule has 1 amide bonds. The Balaban J connectivity index is 1.33. The number of carbonyl (C=O) groups excluding carboxylic acids is 1. The average molecular weight is 432 g/mol. The number of nitrogens with one attached hydrogen (secondary N) is 1. The van der Waals surface area contributed by atoms with Gasteiger partial charge in [0.25, 0.3) is 0 Å². The highest BCUT2D eigenvalue weighted by molar-refractivity contribution is 6.00. The molecule has 0 saturated carbocycles. The summed E-state index contributed by atoms with van der Waals surface area (Å²) >= 11 is 0. The van der Waals surface area contributed by atoms with E-state index in [2.05, 4.69) is 10.2 Å².